The van der Waals surface area contributed by atoms with Gasteiger partial charge in [0.2, 0.25) is 0 Å². The Morgan fingerprint density at radius 1 is 1.14 bits per heavy atom. The number of phenolic OH excluding ortho intramolecular Hbond substituents is 1. The van der Waals surface area contributed by atoms with Gasteiger partial charge in [-0.3, -0.25) is 4.98 Å². The number of amides is 1. The van der Waals surface area contributed by atoms with E-state index in [9.17, 15) is 9.90 Å². The quantitative estimate of drug-likeness (QED) is 0.840. The van der Waals surface area contributed by atoms with E-state index in [1.165, 1.54) is 4.90 Å². The van der Waals surface area contributed by atoms with Crippen molar-refractivity contribution in [3.05, 3.63) is 30.5 Å². The molecule has 2 aromatic rings. The molecule has 6 nitrogen and oxygen atoms in total. The molecular formula is C15H17N3O3. The number of rotatable bonds is 1. The summed E-state index contributed by atoms with van der Waals surface area (Å²) in [6.45, 7) is 2.51. The predicted octanol–water partition coefficient (Wildman–Crippen LogP) is 2.13. The monoisotopic (exact) mass is 287 g/mol. The summed E-state index contributed by atoms with van der Waals surface area (Å²) in [7, 11) is 0. The van der Waals surface area contributed by atoms with Crippen LogP contribution in [0.2, 0.25) is 0 Å². The summed E-state index contributed by atoms with van der Waals surface area (Å²) in [6.07, 6.45) is 1.73. The molecule has 1 aliphatic heterocycles. The molecule has 1 amide bonds. The van der Waals surface area contributed by atoms with E-state index in [1.54, 1.807) is 24.4 Å². The highest BCUT2D eigenvalue weighted by molar-refractivity contribution is 5.83. The molecule has 1 aromatic heterocycles. The summed E-state index contributed by atoms with van der Waals surface area (Å²) in [5.74, 6) is 0.217. The van der Waals surface area contributed by atoms with Crippen molar-refractivity contribution in [2.75, 3.05) is 31.1 Å². The molecule has 0 unspecified atom stereocenters. The number of phenols is 1. The van der Waals surface area contributed by atoms with Gasteiger partial charge in [0.05, 0.1) is 17.4 Å². The molecule has 21 heavy (non-hydrogen) atoms. The molecule has 0 radical (unpaired) electrons. The van der Waals surface area contributed by atoms with E-state index in [1.807, 2.05) is 6.07 Å². The molecule has 0 saturated carbocycles. The number of anilines is 1. The van der Waals surface area contributed by atoms with Gasteiger partial charge in [-0.05, 0) is 30.7 Å². The molecule has 0 atom stereocenters. The second-order valence-electron chi connectivity index (χ2n) is 5.18. The molecule has 2 N–H and O–H groups in total. The highest BCUT2D eigenvalue weighted by atomic mass is 16.4. The van der Waals surface area contributed by atoms with Gasteiger partial charge >= 0.3 is 6.09 Å². The largest absolute Gasteiger partial charge is 0.508 e. The van der Waals surface area contributed by atoms with Crippen molar-refractivity contribution in [2.45, 2.75) is 6.42 Å². The van der Waals surface area contributed by atoms with Gasteiger partial charge in [0.15, 0.2) is 0 Å². The van der Waals surface area contributed by atoms with Crippen LogP contribution in [-0.2, 0) is 0 Å². The Bertz CT molecular complexity index is 674. The SMILES string of the molecule is O=C(O)N1CCCN(c2cnc3ccc(O)cc3c2)CC1. The van der Waals surface area contributed by atoms with Crippen LogP contribution in [0.15, 0.2) is 30.5 Å². The number of carbonyl (C=O) groups is 1. The average molecular weight is 287 g/mol. The second-order valence-corrected chi connectivity index (χ2v) is 5.18. The van der Waals surface area contributed by atoms with Crippen LogP contribution in [0, 0.1) is 0 Å². The third kappa shape index (κ3) is 2.84. The Kier molecular flexibility index (Phi) is 3.51. The van der Waals surface area contributed by atoms with Crippen LogP contribution in [-0.4, -0.2) is 52.4 Å². The van der Waals surface area contributed by atoms with Crippen LogP contribution in [0.25, 0.3) is 10.9 Å². The summed E-state index contributed by atoms with van der Waals surface area (Å²) in [5, 5.41) is 19.5. The number of aromatic hydroxyl groups is 1. The first-order valence-corrected chi connectivity index (χ1v) is 6.95. The van der Waals surface area contributed by atoms with Crippen LogP contribution >= 0.6 is 0 Å². The third-order valence-electron chi connectivity index (χ3n) is 3.78. The summed E-state index contributed by atoms with van der Waals surface area (Å²) >= 11 is 0. The Morgan fingerprint density at radius 2 is 2.00 bits per heavy atom. The molecule has 1 aromatic carbocycles. The van der Waals surface area contributed by atoms with Crippen molar-refractivity contribution in [1.82, 2.24) is 9.88 Å². The number of benzene rings is 1. The summed E-state index contributed by atoms with van der Waals surface area (Å²) in [5.41, 5.74) is 1.79. The molecule has 0 spiro atoms. The van der Waals surface area contributed by atoms with E-state index in [0.717, 1.165) is 29.6 Å². The van der Waals surface area contributed by atoms with Crippen LogP contribution < -0.4 is 4.90 Å². The molecular weight excluding hydrogens is 270 g/mol. The zero-order chi connectivity index (χ0) is 14.8. The van der Waals surface area contributed by atoms with Gasteiger partial charge < -0.3 is 20.0 Å². The predicted molar refractivity (Wildman–Crippen MR) is 79.8 cm³/mol. The molecule has 3 rings (SSSR count). The summed E-state index contributed by atoms with van der Waals surface area (Å²) in [4.78, 5) is 19.0. The lowest BCUT2D eigenvalue weighted by Crippen LogP contribution is -2.34. The van der Waals surface area contributed by atoms with Crippen molar-refractivity contribution in [3.8, 4) is 5.75 Å². The number of carboxylic acid groups (broad SMARTS) is 1. The first-order valence-electron chi connectivity index (χ1n) is 6.95. The zero-order valence-electron chi connectivity index (χ0n) is 11.6. The lowest BCUT2D eigenvalue weighted by Gasteiger charge is -2.22. The lowest BCUT2D eigenvalue weighted by molar-refractivity contribution is 0.148. The first kappa shape index (κ1) is 13.5. The van der Waals surface area contributed by atoms with Crippen molar-refractivity contribution >= 4 is 22.7 Å². The number of fused-ring (bicyclic) bond motifs is 1. The smallest absolute Gasteiger partial charge is 0.407 e. The lowest BCUT2D eigenvalue weighted by atomic mass is 10.2. The summed E-state index contributed by atoms with van der Waals surface area (Å²) in [6, 6.07) is 7.07. The van der Waals surface area contributed by atoms with Crippen molar-refractivity contribution < 1.29 is 15.0 Å². The Balaban J connectivity index is 1.84. The molecule has 1 aliphatic rings. The van der Waals surface area contributed by atoms with Gasteiger partial charge in [-0.15, -0.1) is 0 Å². The van der Waals surface area contributed by atoms with Crippen molar-refractivity contribution in [2.24, 2.45) is 0 Å². The number of pyridine rings is 1. The molecule has 0 bridgehead atoms. The van der Waals surface area contributed by atoms with Gasteiger partial charge in [-0.1, -0.05) is 0 Å². The fraction of sp³-hybridized carbons (Fsp3) is 0.333. The number of hydrogen-bond acceptors (Lipinski definition) is 4. The van der Waals surface area contributed by atoms with E-state index in [2.05, 4.69) is 9.88 Å². The summed E-state index contributed by atoms with van der Waals surface area (Å²) < 4.78 is 0. The normalized spacial score (nSPS) is 16.0. The number of nitrogens with zero attached hydrogens (tertiary/aromatic N) is 3. The van der Waals surface area contributed by atoms with Gasteiger partial charge in [-0.2, -0.15) is 0 Å². The van der Waals surface area contributed by atoms with Gasteiger partial charge in [0.1, 0.15) is 5.75 Å². The standard InChI is InChI=1S/C15H17N3O3/c19-13-2-3-14-11(9-13)8-12(10-16-14)17-4-1-5-18(7-6-17)15(20)21/h2-3,8-10,19H,1,4-7H2,(H,20,21). The minimum atomic E-state index is -0.863. The number of hydrogen-bond donors (Lipinski definition) is 2. The topological polar surface area (TPSA) is 76.9 Å². The highest BCUT2D eigenvalue weighted by Gasteiger charge is 2.18. The van der Waals surface area contributed by atoms with E-state index < -0.39 is 6.09 Å². The van der Waals surface area contributed by atoms with Gasteiger partial charge in [0.25, 0.3) is 0 Å². The fourth-order valence-electron chi connectivity index (χ4n) is 2.65. The molecule has 0 aliphatic carbocycles. The Hall–Kier alpha value is -2.50. The second kappa shape index (κ2) is 5.47. The highest BCUT2D eigenvalue weighted by Crippen LogP contribution is 2.24. The van der Waals surface area contributed by atoms with E-state index >= 15 is 0 Å². The average Bonchev–Trinajstić information content (AvgIpc) is 2.72. The molecule has 110 valence electrons. The van der Waals surface area contributed by atoms with Crippen LogP contribution in [0.5, 0.6) is 5.75 Å². The van der Waals surface area contributed by atoms with E-state index in [-0.39, 0.29) is 5.75 Å². The zero-order valence-corrected chi connectivity index (χ0v) is 11.6. The Morgan fingerprint density at radius 3 is 2.81 bits per heavy atom. The van der Waals surface area contributed by atoms with E-state index in [4.69, 9.17) is 5.11 Å². The van der Waals surface area contributed by atoms with Crippen molar-refractivity contribution in [1.29, 1.82) is 0 Å². The van der Waals surface area contributed by atoms with Gasteiger partial charge in [-0.25, -0.2) is 4.79 Å². The molecule has 2 heterocycles. The molecule has 6 heteroatoms. The third-order valence-corrected chi connectivity index (χ3v) is 3.78. The minimum absolute atomic E-state index is 0.217. The Labute approximate surface area is 122 Å². The molecule has 1 saturated heterocycles. The maximum atomic E-state index is 11.0. The fourth-order valence-corrected chi connectivity index (χ4v) is 2.65. The maximum Gasteiger partial charge on any atom is 0.407 e. The first-order chi connectivity index (χ1) is 10.1. The van der Waals surface area contributed by atoms with E-state index in [0.29, 0.717) is 19.6 Å². The maximum absolute atomic E-state index is 11.0. The van der Waals surface area contributed by atoms with Crippen LogP contribution in [0.4, 0.5) is 10.5 Å². The van der Waals surface area contributed by atoms with Crippen LogP contribution in [0.3, 0.4) is 0 Å². The minimum Gasteiger partial charge on any atom is -0.508 e. The van der Waals surface area contributed by atoms with Gasteiger partial charge in [0, 0.05) is 31.6 Å². The van der Waals surface area contributed by atoms with Crippen molar-refractivity contribution in [3.63, 3.8) is 0 Å². The molecule has 1 fully saturated rings. The number of aromatic nitrogens is 1. The van der Waals surface area contributed by atoms with Crippen LogP contribution in [0.1, 0.15) is 6.42 Å².